The lowest BCUT2D eigenvalue weighted by Gasteiger charge is -2.27. The van der Waals surface area contributed by atoms with E-state index in [0.717, 1.165) is 30.6 Å². The number of carbonyl (C=O) groups excluding carboxylic acids is 1. The van der Waals surface area contributed by atoms with Crippen LogP contribution in [0.15, 0.2) is 23.1 Å². The molecule has 1 aliphatic rings. The Hall–Kier alpha value is -0.710. The SMILES string of the molecule is CCC[C@@H](N)C(=O)N[C@H]1CCSc2ccc(Cl)cc21. The van der Waals surface area contributed by atoms with Crippen molar-refractivity contribution in [2.24, 2.45) is 5.73 Å². The summed E-state index contributed by atoms with van der Waals surface area (Å²) in [5.41, 5.74) is 6.96. The molecule has 1 aromatic carbocycles. The number of fused-ring (bicyclic) bond motifs is 1. The Bertz CT molecular complexity index is 467. The summed E-state index contributed by atoms with van der Waals surface area (Å²) < 4.78 is 0. The molecule has 0 saturated heterocycles. The number of thioether (sulfide) groups is 1. The van der Waals surface area contributed by atoms with Gasteiger partial charge in [0.15, 0.2) is 0 Å². The summed E-state index contributed by atoms with van der Waals surface area (Å²) in [7, 11) is 0. The standard InChI is InChI=1S/C14H19ClN2OS/c1-2-3-11(16)14(18)17-12-6-7-19-13-5-4-9(15)8-10(12)13/h4-5,8,11-12H,2-3,6-7,16H2,1H3,(H,17,18)/t11-,12+/m1/s1. The number of hydrogen-bond acceptors (Lipinski definition) is 3. The summed E-state index contributed by atoms with van der Waals surface area (Å²) in [5, 5.41) is 3.76. The summed E-state index contributed by atoms with van der Waals surface area (Å²) in [4.78, 5) is 13.2. The average Bonchev–Trinajstić information content (AvgIpc) is 2.39. The van der Waals surface area contributed by atoms with Crippen molar-refractivity contribution in [3.05, 3.63) is 28.8 Å². The average molecular weight is 299 g/mol. The minimum Gasteiger partial charge on any atom is -0.348 e. The van der Waals surface area contributed by atoms with Crippen LogP contribution >= 0.6 is 23.4 Å². The zero-order valence-corrected chi connectivity index (χ0v) is 12.6. The summed E-state index contributed by atoms with van der Waals surface area (Å²) in [6.45, 7) is 2.03. The Labute approximate surface area is 123 Å². The van der Waals surface area contributed by atoms with Gasteiger partial charge in [-0.2, -0.15) is 0 Å². The van der Waals surface area contributed by atoms with Crippen LogP contribution < -0.4 is 11.1 Å². The quantitative estimate of drug-likeness (QED) is 0.898. The number of benzene rings is 1. The van der Waals surface area contributed by atoms with Crippen LogP contribution in [-0.4, -0.2) is 17.7 Å². The third-order valence-corrected chi connectivity index (χ3v) is 4.62. The topological polar surface area (TPSA) is 55.1 Å². The van der Waals surface area contributed by atoms with E-state index in [4.69, 9.17) is 17.3 Å². The molecular weight excluding hydrogens is 280 g/mol. The Morgan fingerprint density at radius 1 is 1.63 bits per heavy atom. The van der Waals surface area contributed by atoms with Gasteiger partial charge in [-0.3, -0.25) is 4.79 Å². The molecule has 1 heterocycles. The molecular formula is C14H19ClN2OS. The molecule has 2 rings (SSSR count). The molecule has 104 valence electrons. The molecule has 0 spiro atoms. The summed E-state index contributed by atoms with van der Waals surface area (Å²) >= 11 is 7.85. The Balaban J connectivity index is 2.11. The molecule has 1 amide bonds. The van der Waals surface area contributed by atoms with Gasteiger partial charge in [0.2, 0.25) is 5.91 Å². The minimum atomic E-state index is -0.415. The van der Waals surface area contributed by atoms with Crippen molar-refractivity contribution in [2.45, 2.75) is 43.2 Å². The predicted octanol–water partition coefficient (Wildman–Crippen LogP) is 3.12. The highest BCUT2D eigenvalue weighted by atomic mass is 35.5. The van der Waals surface area contributed by atoms with Crippen molar-refractivity contribution in [3.8, 4) is 0 Å². The van der Waals surface area contributed by atoms with E-state index in [1.807, 2.05) is 25.1 Å². The largest absolute Gasteiger partial charge is 0.348 e. The molecule has 5 heteroatoms. The lowest BCUT2D eigenvalue weighted by molar-refractivity contribution is -0.123. The van der Waals surface area contributed by atoms with E-state index in [9.17, 15) is 4.79 Å². The maximum atomic E-state index is 12.0. The zero-order chi connectivity index (χ0) is 13.8. The first-order valence-corrected chi connectivity index (χ1v) is 7.96. The molecule has 1 aromatic rings. The molecule has 3 N–H and O–H groups in total. The molecule has 3 nitrogen and oxygen atoms in total. The second-order valence-corrected chi connectivity index (χ2v) is 6.35. The number of halogens is 1. The number of nitrogens with one attached hydrogen (secondary N) is 1. The van der Waals surface area contributed by atoms with Crippen LogP contribution in [-0.2, 0) is 4.79 Å². The van der Waals surface area contributed by atoms with Gasteiger partial charge >= 0.3 is 0 Å². The van der Waals surface area contributed by atoms with Gasteiger partial charge in [0.05, 0.1) is 12.1 Å². The molecule has 19 heavy (non-hydrogen) atoms. The van der Waals surface area contributed by atoms with Crippen LogP contribution in [0.5, 0.6) is 0 Å². The first-order chi connectivity index (χ1) is 9.11. The number of nitrogens with two attached hydrogens (primary N) is 1. The normalized spacial score (nSPS) is 19.6. The first kappa shape index (κ1) is 14.7. The number of hydrogen-bond donors (Lipinski definition) is 2. The predicted molar refractivity (Wildman–Crippen MR) is 80.6 cm³/mol. The molecule has 0 aromatic heterocycles. The van der Waals surface area contributed by atoms with E-state index in [1.54, 1.807) is 11.8 Å². The second kappa shape index (κ2) is 6.64. The highest BCUT2D eigenvalue weighted by molar-refractivity contribution is 7.99. The monoisotopic (exact) mass is 298 g/mol. The smallest absolute Gasteiger partial charge is 0.237 e. The van der Waals surface area contributed by atoms with Gasteiger partial charge in [-0.05, 0) is 36.6 Å². The summed E-state index contributed by atoms with van der Waals surface area (Å²) in [6, 6.07) is 5.47. The van der Waals surface area contributed by atoms with Gasteiger partial charge in [-0.25, -0.2) is 0 Å². The highest BCUT2D eigenvalue weighted by Crippen LogP contribution is 2.37. The van der Waals surface area contributed by atoms with Gasteiger partial charge in [0, 0.05) is 15.7 Å². The van der Waals surface area contributed by atoms with E-state index < -0.39 is 6.04 Å². The molecule has 0 saturated carbocycles. The van der Waals surface area contributed by atoms with E-state index >= 15 is 0 Å². The number of rotatable bonds is 4. The second-order valence-electron chi connectivity index (χ2n) is 4.78. The number of amides is 1. The summed E-state index contributed by atoms with van der Waals surface area (Å²) in [5.74, 6) is 0.937. The van der Waals surface area contributed by atoms with E-state index in [2.05, 4.69) is 5.32 Å². The molecule has 0 aliphatic carbocycles. The van der Waals surface area contributed by atoms with Crippen LogP contribution in [0, 0.1) is 0 Å². The Morgan fingerprint density at radius 3 is 3.16 bits per heavy atom. The van der Waals surface area contributed by atoms with Crippen molar-refractivity contribution in [1.29, 1.82) is 0 Å². The third-order valence-electron chi connectivity index (χ3n) is 3.26. The first-order valence-electron chi connectivity index (χ1n) is 6.60. The fraction of sp³-hybridized carbons (Fsp3) is 0.500. The van der Waals surface area contributed by atoms with Crippen LogP contribution in [0.3, 0.4) is 0 Å². The molecule has 0 radical (unpaired) electrons. The lowest BCUT2D eigenvalue weighted by atomic mass is 10.0. The summed E-state index contributed by atoms with van der Waals surface area (Å²) in [6.07, 6.45) is 2.55. The Morgan fingerprint density at radius 2 is 2.42 bits per heavy atom. The van der Waals surface area contributed by atoms with Crippen molar-refractivity contribution < 1.29 is 4.79 Å². The van der Waals surface area contributed by atoms with Crippen molar-refractivity contribution in [3.63, 3.8) is 0 Å². The van der Waals surface area contributed by atoms with Crippen molar-refractivity contribution in [1.82, 2.24) is 5.32 Å². The van der Waals surface area contributed by atoms with Crippen LogP contribution in [0.4, 0.5) is 0 Å². The highest BCUT2D eigenvalue weighted by Gasteiger charge is 2.24. The van der Waals surface area contributed by atoms with E-state index in [-0.39, 0.29) is 11.9 Å². The van der Waals surface area contributed by atoms with E-state index in [1.165, 1.54) is 4.90 Å². The van der Waals surface area contributed by atoms with Gasteiger partial charge in [0.25, 0.3) is 0 Å². The van der Waals surface area contributed by atoms with E-state index in [0.29, 0.717) is 5.02 Å². The van der Waals surface area contributed by atoms with Crippen LogP contribution in [0.1, 0.15) is 37.8 Å². The molecule has 0 fully saturated rings. The molecule has 1 aliphatic heterocycles. The fourth-order valence-electron chi connectivity index (χ4n) is 2.24. The molecule has 2 atom stereocenters. The number of carbonyl (C=O) groups is 1. The third kappa shape index (κ3) is 3.65. The van der Waals surface area contributed by atoms with Crippen molar-refractivity contribution >= 4 is 29.3 Å². The lowest BCUT2D eigenvalue weighted by Crippen LogP contribution is -2.42. The van der Waals surface area contributed by atoms with Gasteiger partial charge in [-0.1, -0.05) is 24.9 Å². The van der Waals surface area contributed by atoms with Gasteiger partial charge in [0.1, 0.15) is 0 Å². The van der Waals surface area contributed by atoms with Crippen LogP contribution in [0.2, 0.25) is 5.02 Å². The maximum Gasteiger partial charge on any atom is 0.237 e. The van der Waals surface area contributed by atoms with Crippen molar-refractivity contribution in [2.75, 3.05) is 5.75 Å². The zero-order valence-electron chi connectivity index (χ0n) is 11.0. The van der Waals surface area contributed by atoms with Gasteiger partial charge < -0.3 is 11.1 Å². The molecule has 0 unspecified atom stereocenters. The maximum absolute atomic E-state index is 12.0. The fourth-order valence-corrected chi connectivity index (χ4v) is 3.52. The molecule has 0 bridgehead atoms. The minimum absolute atomic E-state index is 0.0327. The Kier molecular flexibility index (Phi) is 5.13. The van der Waals surface area contributed by atoms with Crippen LogP contribution in [0.25, 0.3) is 0 Å². The van der Waals surface area contributed by atoms with Gasteiger partial charge in [-0.15, -0.1) is 11.8 Å².